The van der Waals surface area contributed by atoms with Gasteiger partial charge in [0.05, 0.1) is 14.2 Å². The van der Waals surface area contributed by atoms with E-state index in [4.69, 9.17) is 11.5 Å². The van der Waals surface area contributed by atoms with Crippen LogP contribution in [0.3, 0.4) is 0 Å². The molecule has 0 fully saturated rings. The normalized spacial score (nSPS) is 14.1. The lowest BCUT2D eigenvalue weighted by molar-refractivity contribution is -0.142. The zero-order valence-electron chi connectivity index (χ0n) is 9.06. The zero-order chi connectivity index (χ0) is 11.8. The molecular formula is C9H18N2O4. The van der Waals surface area contributed by atoms with E-state index in [1.54, 1.807) is 0 Å². The molecule has 0 amide bonds. The van der Waals surface area contributed by atoms with Gasteiger partial charge in [-0.05, 0) is 19.3 Å². The molecule has 0 rings (SSSR count). The molecule has 0 aliphatic rings. The average molecular weight is 218 g/mol. The van der Waals surface area contributed by atoms with Crippen LogP contribution in [0.5, 0.6) is 0 Å². The first-order valence-corrected chi connectivity index (χ1v) is 4.69. The van der Waals surface area contributed by atoms with Crippen molar-refractivity contribution >= 4 is 11.9 Å². The summed E-state index contributed by atoms with van der Waals surface area (Å²) < 4.78 is 8.90. The maximum atomic E-state index is 10.9. The number of hydrogen-bond acceptors (Lipinski definition) is 6. The number of ether oxygens (including phenoxy) is 2. The Hall–Kier alpha value is -1.14. The van der Waals surface area contributed by atoms with Crippen molar-refractivity contribution in [2.75, 3.05) is 14.2 Å². The van der Waals surface area contributed by atoms with E-state index in [1.165, 1.54) is 14.2 Å². The summed E-state index contributed by atoms with van der Waals surface area (Å²) in [6.45, 7) is 0. The van der Waals surface area contributed by atoms with Crippen LogP contribution in [0.15, 0.2) is 0 Å². The highest BCUT2D eigenvalue weighted by molar-refractivity contribution is 5.75. The molecule has 4 N–H and O–H groups in total. The molecule has 0 saturated carbocycles. The number of hydrogen-bond donors (Lipinski definition) is 2. The van der Waals surface area contributed by atoms with Crippen LogP contribution in [0.4, 0.5) is 0 Å². The lowest BCUT2D eigenvalue weighted by atomic mass is 10.1. The van der Waals surface area contributed by atoms with E-state index in [9.17, 15) is 9.59 Å². The van der Waals surface area contributed by atoms with E-state index < -0.39 is 24.0 Å². The molecule has 0 aromatic rings. The van der Waals surface area contributed by atoms with E-state index in [-0.39, 0.29) is 0 Å². The van der Waals surface area contributed by atoms with E-state index in [0.29, 0.717) is 19.3 Å². The smallest absolute Gasteiger partial charge is 0.322 e. The van der Waals surface area contributed by atoms with Gasteiger partial charge in [0.1, 0.15) is 12.1 Å². The van der Waals surface area contributed by atoms with Gasteiger partial charge in [-0.25, -0.2) is 0 Å². The molecule has 0 aliphatic carbocycles. The third kappa shape index (κ3) is 5.34. The summed E-state index contributed by atoms with van der Waals surface area (Å²) in [5.74, 6) is -0.914. The number of rotatable bonds is 6. The number of carbonyl (C=O) groups excluding carboxylic acids is 2. The second-order valence-corrected chi connectivity index (χ2v) is 3.19. The van der Waals surface area contributed by atoms with Gasteiger partial charge >= 0.3 is 11.9 Å². The maximum absolute atomic E-state index is 10.9. The average Bonchev–Trinajstić information content (AvgIpc) is 2.26. The van der Waals surface area contributed by atoms with Crippen LogP contribution >= 0.6 is 0 Å². The van der Waals surface area contributed by atoms with Crippen LogP contribution in [0.25, 0.3) is 0 Å². The molecular weight excluding hydrogens is 200 g/mol. The Labute approximate surface area is 88.9 Å². The third-order valence-electron chi connectivity index (χ3n) is 2.04. The van der Waals surface area contributed by atoms with Crippen molar-refractivity contribution in [2.45, 2.75) is 31.3 Å². The quantitative estimate of drug-likeness (QED) is 0.563. The van der Waals surface area contributed by atoms with Gasteiger partial charge < -0.3 is 20.9 Å². The van der Waals surface area contributed by atoms with Crippen molar-refractivity contribution in [3.8, 4) is 0 Å². The molecule has 0 aromatic heterocycles. The van der Waals surface area contributed by atoms with Crippen molar-refractivity contribution < 1.29 is 19.1 Å². The summed E-state index contributed by atoms with van der Waals surface area (Å²) in [7, 11) is 2.56. The Balaban J connectivity index is 3.70. The first kappa shape index (κ1) is 13.9. The first-order chi connectivity index (χ1) is 7.02. The molecule has 15 heavy (non-hydrogen) atoms. The Morgan fingerprint density at radius 3 is 1.60 bits per heavy atom. The van der Waals surface area contributed by atoms with Crippen molar-refractivity contribution in [1.29, 1.82) is 0 Å². The number of nitrogens with two attached hydrogens (primary N) is 2. The summed E-state index contributed by atoms with van der Waals surface area (Å²) in [6, 6.07) is -1.31. The van der Waals surface area contributed by atoms with E-state index >= 15 is 0 Å². The molecule has 0 aliphatic heterocycles. The van der Waals surface area contributed by atoms with Crippen molar-refractivity contribution in [2.24, 2.45) is 11.5 Å². The molecule has 2 atom stereocenters. The van der Waals surface area contributed by atoms with Crippen LogP contribution in [-0.4, -0.2) is 38.2 Å². The first-order valence-electron chi connectivity index (χ1n) is 4.69. The summed E-state index contributed by atoms with van der Waals surface area (Å²) in [5, 5.41) is 0. The maximum Gasteiger partial charge on any atom is 0.322 e. The fraction of sp³-hybridized carbons (Fsp3) is 0.778. The van der Waals surface area contributed by atoms with Crippen LogP contribution in [-0.2, 0) is 19.1 Å². The standard InChI is InChI=1S/C9H18N2O4/c1-14-8(12)6(10)4-3-5-7(11)9(13)15-2/h6-7H,3-5,10-11H2,1-2H3. The van der Waals surface area contributed by atoms with Gasteiger partial charge in [0, 0.05) is 0 Å². The summed E-state index contributed by atoms with van der Waals surface area (Å²) in [5.41, 5.74) is 11.0. The van der Waals surface area contributed by atoms with Gasteiger partial charge in [0.2, 0.25) is 0 Å². The minimum Gasteiger partial charge on any atom is -0.468 e. The SMILES string of the molecule is COC(=O)C(N)CCCC(N)C(=O)OC. The second kappa shape index (κ2) is 7.19. The topological polar surface area (TPSA) is 105 Å². The van der Waals surface area contributed by atoms with Crippen LogP contribution in [0.2, 0.25) is 0 Å². The van der Waals surface area contributed by atoms with Crippen LogP contribution in [0, 0.1) is 0 Å². The molecule has 88 valence electrons. The van der Waals surface area contributed by atoms with Crippen LogP contribution < -0.4 is 11.5 Å². The Morgan fingerprint density at radius 1 is 1.00 bits per heavy atom. The van der Waals surface area contributed by atoms with Gasteiger partial charge in [0.25, 0.3) is 0 Å². The van der Waals surface area contributed by atoms with Crippen LogP contribution in [0.1, 0.15) is 19.3 Å². The van der Waals surface area contributed by atoms with Gasteiger partial charge in [0.15, 0.2) is 0 Å². The van der Waals surface area contributed by atoms with Crippen molar-refractivity contribution in [3.63, 3.8) is 0 Å². The molecule has 6 heteroatoms. The lowest BCUT2D eigenvalue weighted by Gasteiger charge is -2.11. The third-order valence-corrected chi connectivity index (χ3v) is 2.04. The highest BCUT2D eigenvalue weighted by Crippen LogP contribution is 2.03. The summed E-state index contributed by atoms with van der Waals surface area (Å²) in [6.07, 6.45) is 1.46. The molecule has 0 heterocycles. The zero-order valence-corrected chi connectivity index (χ0v) is 9.06. The Morgan fingerprint density at radius 2 is 1.33 bits per heavy atom. The van der Waals surface area contributed by atoms with E-state index in [1.807, 2.05) is 0 Å². The summed E-state index contributed by atoms with van der Waals surface area (Å²) in [4.78, 5) is 21.8. The minimum absolute atomic E-state index is 0.442. The molecule has 0 saturated heterocycles. The minimum atomic E-state index is -0.653. The lowest BCUT2D eigenvalue weighted by Crippen LogP contribution is -2.34. The number of esters is 2. The molecule has 0 bridgehead atoms. The second-order valence-electron chi connectivity index (χ2n) is 3.19. The predicted molar refractivity (Wildman–Crippen MR) is 53.8 cm³/mol. The predicted octanol–water partition coefficient (Wildman–Crippen LogP) is -0.843. The van der Waals surface area contributed by atoms with Crippen molar-refractivity contribution in [1.82, 2.24) is 0 Å². The fourth-order valence-electron chi connectivity index (χ4n) is 1.10. The molecule has 0 radical (unpaired) electrons. The molecule has 2 unspecified atom stereocenters. The Bertz CT molecular complexity index is 198. The van der Waals surface area contributed by atoms with Crippen molar-refractivity contribution in [3.05, 3.63) is 0 Å². The van der Waals surface area contributed by atoms with Gasteiger partial charge in [-0.15, -0.1) is 0 Å². The largest absolute Gasteiger partial charge is 0.468 e. The number of carbonyl (C=O) groups is 2. The molecule has 6 nitrogen and oxygen atoms in total. The highest BCUT2D eigenvalue weighted by Gasteiger charge is 2.16. The Kier molecular flexibility index (Phi) is 6.64. The monoisotopic (exact) mass is 218 g/mol. The van der Waals surface area contributed by atoms with Gasteiger partial charge in [-0.3, -0.25) is 9.59 Å². The highest BCUT2D eigenvalue weighted by atomic mass is 16.5. The van der Waals surface area contributed by atoms with Gasteiger partial charge in [-0.1, -0.05) is 0 Å². The number of methoxy groups -OCH3 is 2. The van der Waals surface area contributed by atoms with E-state index in [2.05, 4.69) is 9.47 Å². The van der Waals surface area contributed by atoms with E-state index in [0.717, 1.165) is 0 Å². The fourth-order valence-corrected chi connectivity index (χ4v) is 1.10. The van der Waals surface area contributed by atoms with Gasteiger partial charge in [-0.2, -0.15) is 0 Å². The summed E-state index contributed by atoms with van der Waals surface area (Å²) >= 11 is 0. The molecule has 0 aromatic carbocycles. The molecule has 0 spiro atoms.